The molecule has 0 spiro atoms. The van der Waals surface area contributed by atoms with Gasteiger partial charge in [0.2, 0.25) is 0 Å². The zero-order valence-electron chi connectivity index (χ0n) is 13.8. The summed E-state index contributed by atoms with van der Waals surface area (Å²) in [6, 6.07) is 4.35. The van der Waals surface area contributed by atoms with Gasteiger partial charge in [0, 0.05) is 30.7 Å². The predicted octanol–water partition coefficient (Wildman–Crippen LogP) is 0.310. The van der Waals surface area contributed by atoms with Gasteiger partial charge in [0.05, 0.1) is 31.0 Å². The van der Waals surface area contributed by atoms with Gasteiger partial charge in [-0.1, -0.05) is 0 Å². The minimum atomic E-state index is -0.464. The summed E-state index contributed by atoms with van der Waals surface area (Å²) in [6.07, 6.45) is 1.43. The van der Waals surface area contributed by atoms with E-state index in [-0.39, 0.29) is 23.5 Å². The van der Waals surface area contributed by atoms with Crippen LogP contribution >= 0.6 is 0 Å². The molecule has 1 amide bonds. The van der Waals surface area contributed by atoms with Crippen molar-refractivity contribution < 1.29 is 24.1 Å². The van der Waals surface area contributed by atoms with Crippen molar-refractivity contribution in [2.45, 2.75) is 19.8 Å². The highest BCUT2D eigenvalue weighted by molar-refractivity contribution is 5.92. The maximum Gasteiger partial charge on any atom is 0.309 e. The quantitative estimate of drug-likeness (QED) is 0.458. The lowest BCUT2D eigenvalue weighted by molar-refractivity contribution is -0.897. The molecule has 0 radical (unpaired) electrons. The van der Waals surface area contributed by atoms with Crippen LogP contribution in [0.15, 0.2) is 18.2 Å². The Hall–Kier alpha value is -2.48. The van der Waals surface area contributed by atoms with E-state index in [1.165, 1.54) is 19.2 Å². The average Bonchev–Trinajstić information content (AvgIpc) is 2.56. The standard InChI is InChI=1S/C16H21N3O5/c1-11-9-13(19(22)23)3-4-14(11)17-15(20)10-18-7-5-12(6-8-18)16(21)24-2/h3-4,9,12H,5-8,10H2,1-2H3,(H,17,20)/p+1. The molecule has 1 aromatic rings. The zero-order chi connectivity index (χ0) is 17.7. The van der Waals surface area contributed by atoms with Crippen LogP contribution in [0.4, 0.5) is 11.4 Å². The topological polar surface area (TPSA) is 103 Å². The summed E-state index contributed by atoms with van der Waals surface area (Å²) in [7, 11) is 1.39. The number of carbonyl (C=O) groups is 2. The number of nitro groups is 1. The third kappa shape index (κ3) is 4.51. The van der Waals surface area contributed by atoms with E-state index < -0.39 is 4.92 Å². The minimum Gasteiger partial charge on any atom is -0.469 e. The second kappa shape index (κ2) is 7.87. The molecule has 1 heterocycles. The van der Waals surface area contributed by atoms with Crippen LogP contribution in [0.1, 0.15) is 18.4 Å². The van der Waals surface area contributed by atoms with E-state index in [0.29, 0.717) is 30.6 Å². The number of benzene rings is 1. The van der Waals surface area contributed by atoms with Crippen LogP contribution in [0.25, 0.3) is 0 Å². The van der Waals surface area contributed by atoms with Gasteiger partial charge < -0.3 is 15.0 Å². The normalized spacial score (nSPS) is 20.2. The lowest BCUT2D eigenvalue weighted by Gasteiger charge is -2.27. The van der Waals surface area contributed by atoms with E-state index in [2.05, 4.69) is 5.32 Å². The van der Waals surface area contributed by atoms with E-state index >= 15 is 0 Å². The number of anilines is 1. The second-order valence-electron chi connectivity index (χ2n) is 6.03. The SMILES string of the molecule is COC(=O)C1CC[NH+](CC(=O)Nc2ccc([N+](=O)[O-])cc2C)CC1. The van der Waals surface area contributed by atoms with Gasteiger partial charge in [-0.05, 0) is 18.6 Å². The number of likely N-dealkylation sites (tertiary alicyclic amines) is 1. The van der Waals surface area contributed by atoms with Crippen molar-refractivity contribution in [3.63, 3.8) is 0 Å². The molecule has 1 saturated heterocycles. The Balaban J connectivity index is 1.86. The molecule has 1 aromatic carbocycles. The molecule has 0 bridgehead atoms. The number of nitrogens with zero attached hydrogens (tertiary/aromatic N) is 1. The number of non-ortho nitro benzene ring substituents is 1. The van der Waals surface area contributed by atoms with Crippen LogP contribution in [-0.4, -0.2) is 43.5 Å². The van der Waals surface area contributed by atoms with E-state index in [4.69, 9.17) is 4.74 Å². The maximum absolute atomic E-state index is 12.2. The lowest BCUT2D eigenvalue weighted by atomic mass is 9.97. The molecule has 0 unspecified atom stereocenters. The summed E-state index contributed by atoms with van der Waals surface area (Å²) >= 11 is 0. The van der Waals surface area contributed by atoms with Gasteiger partial charge >= 0.3 is 5.97 Å². The first-order valence-corrected chi connectivity index (χ1v) is 7.87. The van der Waals surface area contributed by atoms with E-state index in [9.17, 15) is 19.7 Å². The Morgan fingerprint density at radius 3 is 2.58 bits per heavy atom. The van der Waals surface area contributed by atoms with Crippen molar-refractivity contribution in [2.24, 2.45) is 5.92 Å². The number of nitrogens with one attached hydrogen (secondary N) is 2. The molecular formula is C16H22N3O5+. The minimum absolute atomic E-state index is 0.000932. The number of methoxy groups -OCH3 is 1. The second-order valence-corrected chi connectivity index (χ2v) is 6.03. The fourth-order valence-electron chi connectivity index (χ4n) is 2.93. The number of hydrogen-bond acceptors (Lipinski definition) is 5. The molecule has 1 aliphatic rings. The van der Waals surface area contributed by atoms with Gasteiger partial charge in [-0.25, -0.2) is 0 Å². The summed E-state index contributed by atoms with van der Waals surface area (Å²) in [5.74, 6) is -0.391. The molecule has 0 atom stereocenters. The van der Waals surface area contributed by atoms with Gasteiger partial charge in [-0.2, -0.15) is 0 Å². The number of rotatable bonds is 5. The molecule has 0 aromatic heterocycles. The predicted molar refractivity (Wildman–Crippen MR) is 86.8 cm³/mol. The van der Waals surface area contributed by atoms with Gasteiger partial charge in [-0.3, -0.25) is 19.7 Å². The van der Waals surface area contributed by atoms with Crippen molar-refractivity contribution in [2.75, 3.05) is 32.1 Å². The number of hydrogen-bond donors (Lipinski definition) is 2. The molecule has 0 aliphatic carbocycles. The Kier molecular flexibility index (Phi) is 5.86. The summed E-state index contributed by atoms with van der Waals surface area (Å²) < 4.78 is 4.75. The Bertz CT molecular complexity index is 639. The first-order valence-electron chi connectivity index (χ1n) is 7.87. The van der Waals surface area contributed by atoms with Crippen molar-refractivity contribution in [1.29, 1.82) is 0 Å². The highest BCUT2D eigenvalue weighted by Crippen LogP contribution is 2.21. The Morgan fingerprint density at radius 1 is 1.38 bits per heavy atom. The third-order valence-electron chi connectivity index (χ3n) is 4.33. The number of amides is 1. The molecule has 8 nitrogen and oxygen atoms in total. The summed E-state index contributed by atoms with van der Waals surface area (Å²) in [4.78, 5) is 35.0. The number of esters is 1. The Morgan fingerprint density at radius 2 is 2.04 bits per heavy atom. The number of aryl methyl sites for hydroxylation is 1. The van der Waals surface area contributed by atoms with Crippen molar-refractivity contribution in [1.82, 2.24) is 0 Å². The molecule has 24 heavy (non-hydrogen) atoms. The van der Waals surface area contributed by atoms with Gasteiger partial charge in [-0.15, -0.1) is 0 Å². The number of carbonyl (C=O) groups excluding carboxylic acids is 2. The highest BCUT2D eigenvalue weighted by Gasteiger charge is 2.29. The molecule has 8 heteroatoms. The molecular weight excluding hydrogens is 314 g/mol. The molecule has 2 N–H and O–H groups in total. The maximum atomic E-state index is 12.2. The molecule has 2 rings (SSSR count). The number of quaternary nitrogens is 1. The fraction of sp³-hybridized carbons (Fsp3) is 0.500. The third-order valence-corrected chi connectivity index (χ3v) is 4.33. The van der Waals surface area contributed by atoms with Crippen molar-refractivity contribution >= 4 is 23.3 Å². The smallest absolute Gasteiger partial charge is 0.309 e. The lowest BCUT2D eigenvalue weighted by Crippen LogP contribution is -3.14. The molecule has 1 fully saturated rings. The van der Waals surface area contributed by atoms with E-state index in [1.807, 2.05) is 0 Å². The summed E-state index contributed by atoms with van der Waals surface area (Å²) in [5, 5.41) is 13.5. The van der Waals surface area contributed by atoms with Crippen molar-refractivity contribution in [3.8, 4) is 0 Å². The fourth-order valence-corrected chi connectivity index (χ4v) is 2.93. The van der Waals surface area contributed by atoms with E-state index in [0.717, 1.165) is 18.0 Å². The van der Waals surface area contributed by atoms with Crippen molar-refractivity contribution in [3.05, 3.63) is 33.9 Å². The number of piperidine rings is 1. The molecule has 1 aliphatic heterocycles. The van der Waals surface area contributed by atoms with Gasteiger partial charge in [0.1, 0.15) is 0 Å². The van der Waals surface area contributed by atoms with E-state index in [1.54, 1.807) is 13.0 Å². The average molecular weight is 336 g/mol. The highest BCUT2D eigenvalue weighted by atomic mass is 16.6. The number of nitro benzene ring substituents is 1. The van der Waals surface area contributed by atoms with Crippen LogP contribution in [0.2, 0.25) is 0 Å². The van der Waals surface area contributed by atoms with Crippen LogP contribution in [0.5, 0.6) is 0 Å². The molecule has 130 valence electrons. The monoisotopic (exact) mass is 336 g/mol. The van der Waals surface area contributed by atoms with Gasteiger partial charge in [0.25, 0.3) is 11.6 Å². The number of ether oxygens (including phenoxy) is 1. The van der Waals surface area contributed by atoms with Crippen LogP contribution < -0.4 is 10.2 Å². The van der Waals surface area contributed by atoms with Crippen LogP contribution in [0.3, 0.4) is 0 Å². The van der Waals surface area contributed by atoms with Crippen LogP contribution in [0, 0.1) is 23.0 Å². The summed E-state index contributed by atoms with van der Waals surface area (Å²) in [5.41, 5.74) is 1.23. The first-order chi connectivity index (χ1) is 11.4. The largest absolute Gasteiger partial charge is 0.469 e. The zero-order valence-corrected chi connectivity index (χ0v) is 13.8. The Labute approximate surface area is 139 Å². The molecule has 0 saturated carbocycles. The summed E-state index contributed by atoms with van der Waals surface area (Å²) in [6.45, 7) is 3.51. The van der Waals surface area contributed by atoms with Crippen LogP contribution in [-0.2, 0) is 14.3 Å². The first kappa shape index (κ1) is 17.9. The van der Waals surface area contributed by atoms with Gasteiger partial charge in [0.15, 0.2) is 6.54 Å².